The number of aromatic nitrogens is 2. The van der Waals surface area contributed by atoms with Gasteiger partial charge in [-0.1, -0.05) is 0 Å². The average molecular weight is 263 g/mol. The lowest BCUT2D eigenvalue weighted by Crippen LogP contribution is -2.19. The normalized spacial score (nSPS) is 10.1. The second-order valence-electron chi connectivity index (χ2n) is 2.58. The largest absolute Gasteiger partial charge is 0.396 e. The SMILES string of the molecule is Cc1nc([N+](=O)[O-])c(Br)n1CC(N)=O. The summed E-state index contributed by atoms with van der Waals surface area (Å²) < 4.78 is 1.49. The Morgan fingerprint density at radius 1 is 1.79 bits per heavy atom. The van der Waals surface area contributed by atoms with Crippen LogP contribution in [-0.4, -0.2) is 20.4 Å². The van der Waals surface area contributed by atoms with Gasteiger partial charge >= 0.3 is 5.82 Å². The van der Waals surface area contributed by atoms with Crippen LogP contribution in [0.3, 0.4) is 0 Å². The molecule has 0 aromatic carbocycles. The monoisotopic (exact) mass is 262 g/mol. The van der Waals surface area contributed by atoms with Crippen molar-refractivity contribution in [1.82, 2.24) is 9.55 Å². The number of aryl methyl sites for hydroxylation is 1. The van der Waals surface area contributed by atoms with Gasteiger partial charge in [-0.05, 0) is 25.8 Å². The molecule has 0 aliphatic rings. The molecule has 0 unspecified atom stereocenters. The van der Waals surface area contributed by atoms with E-state index in [0.29, 0.717) is 5.82 Å². The van der Waals surface area contributed by atoms with Gasteiger partial charge in [-0.25, -0.2) is 0 Å². The third kappa shape index (κ3) is 1.90. The van der Waals surface area contributed by atoms with Crippen molar-refractivity contribution < 1.29 is 9.72 Å². The van der Waals surface area contributed by atoms with Gasteiger partial charge in [-0.15, -0.1) is 0 Å². The Hall–Kier alpha value is -1.44. The molecule has 1 rings (SSSR count). The molecule has 8 heteroatoms. The van der Waals surface area contributed by atoms with Crippen LogP contribution in [0.5, 0.6) is 0 Å². The summed E-state index contributed by atoms with van der Waals surface area (Å²) in [5, 5.41) is 10.5. The first-order valence-corrected chi connectivity index (χ1v) is 4.38. The Morgan fingerprint density at radius 2 is 2.36 bits per heavy atom. The Kier molecular flexibility index (Phi) is 2.84. The molecule has 0 saturated carbocycles. The summed E-state index contributed by atoms with van der Waals surface area (Å²) in [5.41, 5.74) is 4.97. The quantitative estimate of drug-likeness (QED) is 0.627. The van der Waals surface area contributed by atoms with Crippen molar-refractivity contribution in [3.63, 3.8) is 0 Å². The molecule has 14 heavy (non-hydrogen) atoms. The maximum absolute atomic E-state index is 10.6. The van der Waals surface area contributed by atoms with Crippen molar-refractivity contribution in [1.29, 1.82) is 0 Å². The topological polar surface area (TPSA) is 104 Å². The van der Waals surface area contributed by atoms with Crippen molar-refractivity contribution in [3.05, 3.63) is 20.5 Å². The van der Waals surface area contributed by atoms with Crippen molar-refractivity contribution in [2.45, 2.75) is 13.5 Å². The van der Waals surface area contributed by atoms with Gasteiger partial charge in [0.1, 0.15) is 6.54 Å². The van der Waals surface area contributed by atoms with Gasteiger partial charge in [-0.2, -0.15) is 0 Å². The zero-order valence-electron chi connectivity index (χ0n) is 7.23. The number of rotatable bonds is 3. The van der Waals surface area contributed by atoms with E-state index in [-0.39, 0.29) is 17.0 Å². The van der Waals surface area contributed by atoms with Crippen molar-refractivity contribution in [2.75, 3.05) is 0 Å². The number of hydrogen-bond acceptors (Lipinski definition) is 4. The summed E-state index contributed by atoms with van der Waals surface area (Å²) in [6, 6.07) is 0. The fourth-order valence-electron chi connectivity index (χ4n) is 0.978. The first kappa shape index (κ1) is 10.6. The minimum Gasteiger partial charge on any atom is -0.368 e. The molecule has 76 valence electrons. The molecule has 0 saturated heterocycles. The number of halogens is 1. The molecule has 1 amide bonds. The highest BCUT2D eigenvalue weighted by molar-refractivity contribution is 9.10. The van der Waals surface area contributed by atoms with Crippen molar-refractivity contribution >= 4 is 27.7 Å². The first-order chi connectivity index (χ1) is 6.43. The fourth-order valence-corrected chi connectivity index (χ4v) is 1.59. The number of nitro groups is 1. The molecule has 1 aromatic heterocycles. The predicted octanol–water partition coefficient (Wildman–Crippen LogP) is 0.348. The molecule has 0 aliphatic carbocycles. The predicted molar refractivity (Wildman–Crippen MR) is 50.5 cm³/mol. The van der Waals surface area contributed by atoms with Crippen LogP contribution in [0.2, 0.25) is 0 Å². The van der Waals surface area contributed by atoms with Gasteiger partial charge in [0.2, 0.25) is 11.7 Å². The minimum atomic E-state index is -0.630. The Balaban J connectivity index is 3.17. The van der Waals surface area contributed by atoms with E-state index in [1.54, 1.807) is 6.92 Å². The van der Waals surface area contributed by atoms with E-state index in [1.165, 1.54) is 4.57 Å². The second-order valence-corrected chi connectivity index (χ2v) is 3.33. The molecule has 0 radical (unpaired) electrons. The third-order valence-electron chi connectivity index (χ3n) is 1.57. The lowest BCUT2D eigenvalue weighted by Gasteiger charge is -1.99. The van der Waals surface area contributed by atoms with Crippen LogP contribution in [0.4, 0.5) is 5.82 Å². The number of nitrogens with two attached hydrogens (primary N) is 1. The van der Waals surface area contributed by atoms with Gasteiger partial charge < -0.3 is 15.8 Å². The molecule has 0 fully saturated rings. The lowest BCUT2D eigenvalue weighted by molar-refractivity contribution is -0.390. The first-order valence-electron chi connectivity index (χ1n) is 3.58. The standard InChI is InChI=1S/C6H7BrN4O3/c1-3-9-6(11(13)14)5(7)10(3)2-4(8)12/h2H2,1H3,(H2,8,12). The zero-order valence-corrected chi connectivity index (χ0v) is 8.81. The summed E-state index contributed by atoms with van der Waals surface area (Å²) in [5.74, 6) is -0.535. The molecule has 0 aliphatic heterocycles. The molecule has 1 heterocycles. The van der Waals surface area contributed by atoms with Crippen LogP contribution in [0.25, 0.3) is 0 Å². The van der Waals surface area contributed by atoms with Gasteiger partial charge in [0, 0.05) is 6.92 Å². The van der Waals surface area contributed by atoms with E-state index in [4.69, 9.17) is 5.73 Å². The number of primary amides is 1. The van der Waals surface area contributed by atoms with Gasteiger partial charge in [0.05, 0.1) is 0 Å². The van der Waals surface area contributed by atoms with E-state index < -0.39 is 10.8 Å². The highest BCUT2D eigenvalue weighted by Crippen LogP contribution is 2.24. The fraction of sp³-hybridized carbons (Fsp3) is 0.333. The third-order valence-corrected chi connectivity index (χ3v) is 2.35. The number of carbonyl (C=O) groups is 1. The van der Waals surface area contributed by atoms with Crippen LogP contribution in [0.1, 0.15) is 5.82 Å². The smallest absolute Gasteiger partial charge is 0.368 e. The van der Waals surface area contributed by atoms with Crippen LogP contribution >= 0.6 is 15.9 Å². The summed E-state index contributed by atoms with van der Waals surface area (Å²) in [6.45, 7) is 1.42. The van der Waals surface area contributed by atoms with E-state index in [2.05, 4.69) is 20.9 Å². The van der Waals surface area contributed by atoms with Crippen LogP contribution in [0.15, 0.2) is 4.60 Å². The average Bonchev–Trinajstić information content (AvgIpc) is 2.31. The highest BCUT2D eigenvalue weighted by Gasteiger charge is 2.23. The molecule has 0 bridgehead atoms. The van der Waals surface area contributed by atoms with E-state index in [0.717, 1.165) is 0 Å². The van der Waals surface area contributed by atoms with E-state index >= 15 is 0 Å². The number of nitrogens with zero attached hydrogens (tertiary/aromatic N) is 3. The molecular weight excluding hydrogens is 256 g/mol. The van der Waals surface area contributed by atoms with E-state index in [1.807, 2.05) is 0 Å². The summed E-state index contributed by atoms with van der Waals surface area (Å²) in [7, 11) is 0. The van der Waals surface area contributed by atoms with Crippen LogP contribution < -0.4 is 5.73 Å². The van der Waals surface area contributed by atoms with Gasteiger partial charge in [0.25, 0.3) is 0 Å². The van der Waals surface area contributed by atoms with Crippen molar-refractivity contribution in [3.8, 4) is 0 Å². The maximum Gasteiger partial charge on any atom is 0.396 e. The van der Waals surface area contributed by atoms with E-state index in [9.17, 15) is 14.9 Å². The zero-order chi connectivity index (χ0) is 10.9. The summed E-state index contributed by atoms with van der Waals surface area (Å²) in [6.07, 6.45) is 0. The van der Waals surface area contributed by atoms with Gasteiger partial charge in [-0.3, -0.25) is 9.36 Å². The minimum absolute atomic E-state index is 0.132. The highest BCUT2D eigenvalue weighted by atomic mass is 79.9. The number of amides is 1. The molecule has 2 N–H and O–H groups in total. The summed E-state index contributed by atoms with van der Waals surface area (Å²) >= 11 is 2.98. The van der Waals surface area contributed by atoms with Crippen LogP contribution in [-0.2, 0) is 11.3 Å². The Morgan fingerprint density at radius 3 is 2.71 bits per heavy atom. The lowest BCUT2D eigenvalue weighted by atomic mass is 10.5. The summed E-state index contributed by atoms with van der Waals surface area (Å²) in [4.78, 5) is 24.1. The molecular formula is C6H7BrN4O3. The molecule has 0 atom stereocenters. The van der Waals surface area contributed by atoms with Crippen molar-refractivity contribution in [2.24, 2.45) is 5.73 Å². The maximum atomic E-state index is 10.6. The Bertz CT molecular complexity index is 400. The molecule has 0 spiro atoms. The number of carbonyl (C=O) groups excluding carboxylic acids is 1. The van der Waals surface area contributed by atoms with Gasteiger partial charge in [0.15, 0.2) is 4.60 Å². The number of imidazole rings is 1. The number of hydrogen-bond donors (Lipinski definition) is 1. The Labute approximate surface area is 87.2 Å². The molecule has 1 aromatic rings. The molecule has 7 nitrogen and oxygen atoms in total. The van der Waals surface area contributed by atoms with Crippen LogP contribution in [0, 0.1) is 17.0 Å². The second kappa shape index (κ2) is 3.74.